The molecule has 4 rings (SSSR count). The summed E-state index contributed by atoms with van der Waals surface area (Å²) in [4.78, 5) is 25.7. The number of hydrogen-bond acceptors (Lipinski definition) is 6. The average Bonchev–Trinajstić information content (AvgIpc) is 3.33. The molecule has 0 spiro atoms. The van der Waals surface area contributed by atoms with E-state index < -0.39 is 13.0 Å². The third-order valence-electron chi connectivity index (χ3n) is 4.95. The Balaban J connectivity index is 1.57. The van der Waals surface area contributed by atoms with Crippen LogP contribution in [0.25, 0.3) is 11.0 Å². The van der Waals surface area contributed by atoms with Crippen LogP contribution in [0.3, 0.4) is 0 Å². The van der Waals surface area contributed by atoms with Crippen LogP contribution in [0.4, 0.5) is 26.2 Å². The molecule has 1 fully saturated rings. The molecule has 0 aliphatic carbocycles. The van der Waals surface area contributed by atoms with Gasteiger partial charge in [0, 0.05) is 31.5 Å². The Morgan fingerprint density at radius 3 is 3.06 bits per heavy atom. The molecule has 0 radical (unpaired) electrons. The Morgan fingerprint density at radius 2 is 2.29 bits per heavy atom. The lowest BCUT2D eigenvalue weighted by atomic mass is 10.1. The third-order valence-corrected chi connectivity index (χ3v) is 5.24. The highest BCUT2D eigenvalue weighted by Gasteiger charge is 2.24. The molecule has 1 atom stereocenters. The van der Waals surface area contributed by atoms with E-state index in [4.69, 9.17) is 11.6 Å². The molecule has 31 heavy (non-hydrogen) atoms. The Labute approximate surface area is 181 Å². The second kappa shape index (κ2) is 8.88. The van der Waals surface area contributed by atoms with Crippen molar-refractivity contribution >= 4 is 46.0 Å². The fourth-order valence-corrected chi connectivity index (χ4v) is 3.81. The summed E-state index contributed by atoms with van der Waals surface area (Å²) in [6.07, 6.45) is 5.01. The normalized spacial score (nSPS) is 16.6. The molecule has 1 amide bonds. The van der Waals surface area contributed by atoms with Gasteiger partial charge in [-0.05, 0) is 18.9 Å². The molecule has 3 aromatic rings. The predicted octanol–water partition coefficient (Wildman–Crippen LogP) is 3.41. The maximum atomic E-state index is 12.5. The van der Waals surface area contributed by atoms with Gasteiger partial charge in [-0.25, -0.2) is 8.78 Å². The van der Waals surface area contributed by atoms with Crippen LogP contribution in [0.5, 0.6) is 0 Å². The maximum absolute atomic E-state index is 12.5. The summed E-state index contributed by atoms with van der Waals surface area (Å²) in [5.74, 6) is 0.652. The van der Waals surface area contributed by atoms with Crippen molar-refractivity contribution in [3.8, 4) is 0 Å². The van der Waals surface area contributed by atoms with Gasteiger partial charge in [0.15, 0.2) is 0 Å². The number of halogens is 3. The summed E-state index contributed by atoms with van der Waals surface area (Å²) < 4.78 is 26.2. The van der Waals surface area contributed by atoms with Gasteiger partial charge in [-0.2, -0.15) is 15.1 Å². The number of H-pyrrole nitrogens is 1. The zero-order chi connectivity index (χ0) is 22.0. The second-order valence-corrected chi connectivity index (χ2v) is 7.60. The monoisotopic (exact) mass is 450 g/mol. The number of fused-ring (bicyclic) bond motifs is 1. The van der Waals surface area contributed by atoms with Crippen molar-refractivity contribution in [1.82, 2.24) is 29.6 Å². The molecule has 4 heterocycles. The highest BCUT2D eigenvalue weighted by molar-refractivity contribution is 6.36. The van der Waals surface area contributed by atoms with Crippen LogP contribution in [0, 0.1) is 0 Å². The highest BCUT2D eigenvalue weighted by Crippen LogP contribution is 2.31. The number of alkyl halides is 2. The first-order valence-electron chi connectivity index (χ1n) is 9.73. The van der Waals surface area contributed by atoms with E-state index >= 15 is 0 Å². The fraction of sp³-hybridized carbons (Fsp3) is 0.368. The van der Waals surface area contributed by atoms with Crippen molar-refractivity contribution in [2.75, 3.05) is 23.7 Å². The summed E-state index contributed by atoms with van der Waals surface area (Å²) in [5.41, 5.74) is 0.990. The number of piperidine rings is 1. The van der Waals surface area contributed by atoms with Crippen LogP contribution in [-0.4, -0.2) is 61.1 Å². The van der Waals surface area contributed by atoms with Crippen molar-refractivity contribution in [3.63, 3.8) is 0 Å². The molecule has 3 aromatic heterocycles. The number of hydrogen-bond donors (Lipinski definition) is 3. The maximum Gasteiger partial charge on any atom is 0.257 e. The number of aromatic amines is 1. The van der Waals surface area contributed by atoms with Crippen molar-refractivity contribution < 1.29 is 13.6 Å². The number of nitrogens with one attached hydrogen (secondary N) is 3. The number of rotatable bonds is 7. The average molecular weight is 451 g/mol. The van der Waals surface area contributed by atoms with Crippen LogP contribution >= 0.6 is 11.6 Å². The summed E-state index contributed by atoms with van der Waals surface area (Å²) in [6.45, 7) is 4.25. The van der Waals surface area contributed by atoms with E-state index in [2.05, 4.69) is 37.3 Å². The Bertz CT molecular complexity index is 1100. The van der Waals surface area contributed by atoms with Crippen LogP contribution in [0.2, 0.25) is 5.02 Å². The van der Waals surface area contributed by atoms with Crippen molar-refractivity contribution in [2.24, 2.45) is 0 Å². The first-order chi connectivity index (χ1) is 14.9. The second-order valence-electron chi connectivity index (χ2n) is 7.20. The Morgan fingerprint density at radius 1 is 1.45 bits per heavy atom. The summed E-state index contributed by atoms with van der Waals surface area (Å²) in [6, 6.07) is -0.0247. The van der Waals surface area contributed by atoms with Gasteiger partial charge >= 0.3 is 0 Å². The molecule has 1 saturated heterocycles. The number of amides is 1. The van der Waals surface area contributed by atoms with Crippen LogP contribution < -0.4 is 10.6 Å². The molecule has 12 heteroatoms. The quantitative estimate of drug-likeness (QED) is 0.477. The Kier molecular flexibility index (Phi) is 6.03. The molecule has 0 saturated carbocycles. The van der Waals surface area contributed by atoms with Gasteiger partial charge in [0.2, 0.25) is 11.9 Å². The van der Waals surface area contributed by atoms with Gasteiger partial charge in [0.25, 0.3) is 6.43 Å². The lowest BCUT2D eigenvalue weighted by Gasteiger charge is -2.33. The number of likely N-dealkylation sites (tertiary alicyclic amines) is 1. The van der Waals surface area contributed by atoms with E-state index in [-0.39, 0.29) is 17.9 Å². The Hall–Kier alpha value is -3.21. The minimum atomic E-state index is -2.50. The van der Waals surface area contributed by atoms with Crippen molar-refractivity contribution in [1.29, 1.82) is 0 Å². The van der Waals surface area contributed by atoms with Crippen molar-refractivity contribution in [3.05, 3.63) is 36.3 Å². The molecule has 1 aliphatic rings. The summed E-state index contributed by atoms with van der Waals surface area (Å²) in [7, 11) is 0. The van der Waals surface area contributed by atoms with Gasteiger partial charge < -0.3 is 20.5 Å². The van der Waals surface area contributed by atoms with Crippen LogP contribution in [0.15, 0.2) is 31.2 Å². The molecule has 9 nitrogen and oxygen atoms in total. The molecule has 1 aliphatic heterocycles. The summed E-state index contributed by atoms with van der Waals surface area (Å²) >= 11 is 6.33. The fourth-order valence-electron chi connectivity index (χ4n) is 3.57. The number of aromatic nitrogens is 5. The SMILES string of the molecule is C=CC(=O)N1CCCC(Nc2nc(Nc3cnn(CC(F)F)c3)nc3[nH]cc(Cl)c23)C1. The molecule has 3 N–H and O–H groups in total. The van der Waals surface area contributed by atoms with E-state index in [1.807, 2.05) is 0 Å². The largest absolute Gasteiger partial charge is 0.365 e. The predicted molar refractivity (Wildman–Crippen MR) is 114 cm³/mol. The summed E-state index contributed by atoms with van der Waals surface area (Å²) in [5, 5.41) is 11.3. The van der Waals surface area contributed by atoms with Crippen LogP contribution in [0.1, 0.15) is 12.8 Å². The van der Waals surface area contributed by atoms with E-state index in [1.54, 1.807) is 11.1 Å². The van der Waals surface area contributed by atoms with Gasteiger partial charge in [-0.3, -0.25) is 9.48 Å². The third kappa shape index (κ3) is 4.76. The molecule has 0 aromatic carbocycles. The lowest BCUT2D eigenvalue weighted by Crippen LogP contribution is -2.44. The zero-order valence-corrected chi connectivity index (χ0v) is 17.2. The first-order valence-corrected chi connectivity index (χ1v) is 10.1. The van der Waals surface area contributed by atoms with Crippen molar-refractivity contribution in [2.45, 2.75) is 31.9 Å². The van der Waals surface area contributed by atoms with Crippen LogP contribution in [-0.2, 0) is 11.3 Å². The number of carbonyl (C=O) groups is 1. The standard InChI is InChI=1S/C19H21ClF2N8O/c1-2-15(31)29-5-3-4-11(8-29)25-18-16-13(20)7-23-17(16)27-19(28-18)26-12-6-24-30(9-12)10-14(21)22/h2,6-7,9,11,14H,1,3-5,8,10H2,(H3,23,25,26,27,28). The lowest BCUT2D eigenvalue weighted by molar-refractivity contribution is -0.127. The van der Waals surface area contributed by atoms with Gasteiger partial charge in [-0.15, -0.1) is 0 Å². The van der Waals surface area contributed by atoms with Gasteiger partial charge in [0.05, 0.1) is 22.3 Å². The number of anilines is 3. The molecule has 164 valence electrons. The highest BCUT2D eigenvalue weighted by atomic mass is 35.5. The van der Waals surface area contributed by atoms with E-state index in [0.717, 1.165) is 17.5 Å². The van der Waals surface area contributed by atoms with E-state index in [9.17, 15) is 13.6 Å². The minimum absolute atomic E-state index is 0.0247. The molecule has 1 unspecified atom stereocenters. The van der Waals surface area contributed by atoms with E-state index in [0.29, 0.717) is 40.7 Å². The molecular formula is C19H21ClF2N8O. The van der Waals surface area contributed by atoms with E-state index in [1.165, 1.54) is 18.5 Å². The zero-order valence-electron chi connectivity index (χ0n) is 16.5. The molecule has 0 bridgehead atoms. The van der Waals surface area contributed by atoms with Gasteiger partial charge in [0.1, 0.15) is 18.0 Å². The first kappa shape index (κ1) is 21.0. The minimum Gasteiger partial charge on any atom is -0.365 e. The topological polar surface area (TPSA) is 104 Å². The molecular weight excluding hydrogens is 430 g/mol. The smallest absolute Gasteiger partial charge is 0.257 e. The number of carbonyl (C=O) groups excluding carboxylic acids is 1. The van der Waals surface area contributed by atoms with Gasteiger partial charge in [-0.1, -0.05) is 18.2 Å². The number of nitrogens with zero attached hydrogens (tertiary/aromatic N) is 5.